The summed E-state index contributed by atoms with van der Waals surface area (Å²) in [5.74, 6) is 1.70. The molecule has 0 aliphatic carbocycles. The summed E-state index contributed by atoms with van der Waals surface area (Å²) in [6.45, 7) is 0.437. The number of nitrogens with zero attached hydrogens (tertiary/aromatic N) is 3. The van der Waals surface area contributed by atoms with Crippen LogP contribution in [0.5, 0.6) is 17.2 Å². The minimum Gasteiger partial charge on any atom is -0.493 e. The fourth-order valence-electron chi connectivity index (χ4n) is 2.58. The van der Waals surface area contributed by atoms with Gasteiger partial charge in [0.05, 0.1) is 34.1 Å². The summed E-state index contributed by atoms with van der Waals surface area (Å²) >= 11 is 0. The molecule has 0 spiro atoms. The van der Waals surface area contributed by atoms with E-state index in [-0.39, 0.29) is 5.76 Å². The first-order valence-electron chi connectivity index (χ1n) is 8.34. The molecule has 0 aliphatic rings. The van der Waals surface area contributed by atoms with Gasteiger partial charge >= 0.3 is 5.91 Å². The highest BCUT2D eigenvalue weighted by molar-refractivity contribution is 5.93. The summed E-state index contributed by atoms with van der Waals surface area (Å²) in [7, 11) is 4.56. The predicted octanol–water partition coefficient (Wildman–Crippen LogP) is 2.31. The van der Waals surface area contributed by atoms with E-state index in [9.17, 15) is 4.79 Å². The topological polar surface area (TPSA) is 100 Å². The molecule has 3 rings (SSSR count). The van der Waals surface area contributed by atoms with Crippen molar-refractivity contribution in [2.45, 2.75) is 6.54 Å². The van der Waals surface area contributed by atoms with E-state index in [1.54, 1.807) is 35.1 Å². The van der Waals surface area contributed by atoms with Crippen LogP contribution in [0.1, 0.15) is 21.9 Å². The maximum Gasteiger partial charge on any atom is 0.307 e. The van der Waals surface area contributed by atoms with Crippen LogP contribution in [0.3, 0.4) is 0 Å². The van der Waals surface area contributed by atoms with Crippen molar-refractivity contribution >= 4 is 12.1 Å². The zero-order valence-corrected chi connectivity index (χ0v) is 15.7. The Morgan fingerprint density at radius 1 is 1.18 bits per heavy atom. The molecular formula is C19H20N4O5. The van der Waals surface area contributed by atoms with Crippen LogP contribution in [0.2, 0.25) is 0 Å². The second-order valence-electron chi connectivity index (χ2n) is 5.59. The molecule has 0 fully saturated rings. The zero-order valence-electron chi connectivity index (χ0n) is 15.7. The molecule has 9 nitrogen and oxygen atoms in total. The van der Waals surface area contributed by atoms with Gasteiger partial charge in [-0.3, -0.25) is 9.48 Å². The number of hydrogen-bond donors (Lipinski definition) is 1. The van der Waals surface area contributed by atoms with Crippen LogP contribution in [-0.4, -0.2) is 43.2 Å². The lowest BCUT2D eigenvalue weighted by Crippen LogP contribution is -2.17. The number of nitrogens with one attached hydrogen (secondary N) is 1. The van der Waals surface area contributed by atoms with E-state index in [1.165, 1.54) is 27.5 Å². The van der Waals surface area contributed by atoms with Crippen molar-refractivity contribution in [3.63, 3.8) is 0 Å². The largest absolute Gasteiger partial charge is 0.493 e. The van der Waals surface area contributed by atoms with Crippen LogP contribution >= 0.6 is 0 Å². The van der Waals surface area contributed by atoms with Crippen LogP contribution in [0.4, 0.5) is 0 Å². The van der Waals surface area contributed by atoms with Gasteiger partial charge in [0.15, 0.2) is 17.3 Å². The number of ether oxygens (including phenoxy) is 3. The van der Waals surface area contributed by atoms with E-state index in [4.69, 9.17) is 18.6 Å². The normalized spacial score (nSPS) is 10.8. The Morgan fingerprint density at radius 2 is 2.00 bits per heavy atom. The third-order valence-corrected chi connectivity index (χ3v) is 3.87. The monoisotopic (exact) mass is 384 g/mol. The molecule has 146 valence electrons. The minimum absolute atomic E-state index is 0.151. The molecule has 0 bridgehead atoms. The van der Waals surface area contributed by atoms with Gasteiger partial charge in [-0.05, 0) is 30.3 Å². The highest BCUT2D eigenvalue weighted by Crippen LogP contribution is 2.38. The lowest BCUT2D eigenvalue weighted by atomic mass is 10.2. The molecule has 0 atom stereocenters. The second-order valence-corrected chi connectivity index (χ2v) is 5.59. The Hall–Kier alpha value is -3.75. The molecule has 0 saturated heterocycles. The molecule has 2 heterocycles. The second kappa shape index (κ2) is 8.76. The van der Waals surface area contributed by atoms with Gasteiger partial charge in [-0.15, -0.1) is 0 Å². The molecule has 0 aliphatic heterocycles. The molecule has 0 radical (unpaired) electrons. The Morgan fingerprint density at radius 3 is 2.68 bits per heavy atom. The number of amides is 1. The number of aromatic nitrogens is 2. The van der Waals surface area contributed by atoms with Gasteiger partial charge in [0.25, 0.3) is 0 Å². The van der Waals surface area contributed by atoms with Crippen molar-refractivity contribution in [3.8, 4) is 17.2 Å². The van der Waals surface area contributed by atoms with Crippen molar-refractivity contribution < 1.29 is 23.4 Å². The number of benzene rings is 1. The number of hydrogen-bond acceptors (Lipinski definition) is 7. The summed E-state index contributed by atoms with van der Waals surface area (Å²) in [6, 6.07) is 8.58. The van der Waals surface area contributed by atoms with Gasteiger partial charge in [0.1, 0.15) is 5.76 Å². The molecule has 3 aromatic rings. The van der Waals surface area contributed by atoms with E-state index in [0.29, 0.717) is 35.1 Å². The summed E-state index contributed by atoms with van der Waals surface area (Å²) in [5.41, 5.74) is 3.03. The van der Waals surface area contributed by atoms with Gasteiger partial charge in [0.2, 0.25) is 5.75 Å². The summed E-state index contributed by atoms with van der Waals surface area (Å²) in [4.78, 5) is 12.2. The van der Waals surface area contributed by atoms with E-state index < -0.39 is 5.91 Å². The standard InChI is InChI=1S/C19H20N4O5/c1-25-15-7-5-13(17(26-2)18(15)27-3)11-20-22-19(24)16-8-6-14(28-16)12-23-10-4-9-21-23/h4-11H,12H2,1-3H3,(H,22,24)/b20-11-. The number of furan rings is 1. The van der Waals surface area contributed by atoms with E-state index in [1.807, 2.05) is 12.3 Å². The number of carbonyl (C=O) groups is 1. The van der Waals surface area contributed by atoms with Gasteiger partial charge in [0, 0.05) is 18.0 Å². The van der Waals surface area contributed by atoms with Crippen molar-refractivity contribution in [1.29, 1.82) is 0 Å². The minimum atomic E-state index is -0.470. The average molecular weight is 384 g/mol. The fourth-order valence-corrected chi connectivity index (χ4v) is 2.58. The third-order valence-electron chi connectivity index (χ3n) is 3.87. The molecule has 1 aromatic carbocycles. The maximum atomic E-state index is 12.2. The first kappa shape index (κ1) is 19.0. The lowest BCUT2D eigenvalue weighted by molar-refractivity contribution is 0.0925. The Labute approximate surface area is 161 Å². The molecular weight excluding hydrogens is 364 g/mol. The first-order chi connectivity index (χ1) is 13.7. The Bertz CT molecular complexity index is 963. The van der Waals surface area contributed by atoms with Crippen LogP contribution in [-0.2, 0) is 6.54 Å². The van der Waals surface area contributed by atoms with Crippen LogP contribution in [0.25, 0.3) is 0 Å². The van der Waals surface area contributed by atoms with Crippen LogP contribution < -0.4 is 19.6 Å². The first-order valence-corrected chi connectivity index (χ1v) is 8.34. The van der Waals surface area contributed by atoms with E-state index in [0.717, 1.165) is 0 Å². The third kappa shape index (κ3) is 4.14. The highest BCUT2D eigenvalue weighted by atomic mass is 16.5. The molecule has 2 aromatic heterocycles. The molecule has 28 heavy (non-hydrogen) atoms. The SMILES string of the molecule is COc1ccc(/C=N\NC(=O)c2ccc(Cn3cccn3)o2)c(OC)c1OC. The Kier molecular flexibility index (Phi) is 5.95. The van der Waals surface area contributed by atoms with Gasteiger partial charge in [-0.2, -0.15) is 10.2 Å². The van der Waals surface area contributed by atoms with Gasteiger partial charge in [-0.25, -0.2) is 5.43 Å². The lowest BCUT2D eigenvalue weighted by Gasteiger charge is -2.13. The molecule has 9 heteroatoms. The molecule has 0 saturated carbocycles. The maximum absolute atomic E-state index is 12.2. The molecule has 0 unspecified atom stereocenters. The van der Waals surface area contributed by atoms with E-state index in [2.05, 4.69) is 15.6 Å². The van der Waals surface area contributed by atoms with Crippen LogP contribution in [0, 0.1) is 0 Å². The van der Waals surface area contributed by atoms with Crippen molar-refractivity contribution in [2.24, 2.45) is 5.10 Å². The van der Waals surface area contributed by atoms with Gasteiger partial charge < -0.3 is 18.6 Å². The molecule has 1 amide bonds. The smallest absolute Gasteiger partial charge is 0.307 e. The van der Waals surface area contributed by atoms with Crippen LogP contribution in [0.15, 0.2) is 52.2 Å². The quantitative estimate of drug-likeness (QED) is 0.473. The summed E-state index contributed by atoms with van der Waals surface area (Å²) in [5, 5.41) is 8.06. The highest BCUT2D eigenvalue weighted by Gasteiger charge is 2.15. The van der Waals surface area contributed by atoms with Crippen molar-refractivity contribution in [1.82, 2.24) is 15.2 Å². The van der Waals surface area contributed by atoms with Crippen molar-refractivity contribution in [3.05, 3.63) is 59.8 Å². The van der Waals surface area contributed by atoms with Gasteiger partial charge in [-0.1, -0.05) is 0 Å². The number of rotatable bonds is 8. The van der Waals surface area contributed by atoms with E-state index >= 15 is 0 Å². The zero-order chi connectivity index (χ0) is 19.9. The predicted molar refractivity (Wildman–Crippen MR) is 101 cm³/mol. The Balaban J connectivity index is 1.68. The summed E-state index contributed by atoms with van der Waals surface area (Å²) < 4.78 is 23.1. The average Bonchev–Trinajstić information content (AvgIpc) is 3.39. The van der Waals surface area contributed by atoms with Crippen molar-refractivity contribution in [2.75, 3.05) is 21.3 Å². The number of hydrazone groups is 1. The number of methoxy groups -OCH3 is 3. The molecule has 1 N–H and O–H groups in total. The number of carbonyl (C=O) groups excluding carboxylic acids is 1. The fraction of sp³-hybridized carbons (Fsp3) is 0.211. The summed E-state index contributed by atoms with van der Waals surface area (Å²) in [6.07, 6.45) is 4.93.